The lowest BCUT2D eigenvalue weighted by Crippen LogP contribution is -1.91. The number of aromatic nitrogens is 2. The summed E-state index contributed by atoms with van der Waals surface area (Å²) in [6.07, 6.45) is 2.29. The highest BCUT2D eigenvalue weighted by Crippen LogP contribution is 2.29. The standard InChI is InChI=1S/C14H10ClN3S/c1-9-8-10(2-3-11(9)15)13-12(4-5-16)18-6-7-19-14(18)17-13/h2-3,6-8H,4H2,1H3. The number of hydrogen-bond donors (Lipinski definition) is 0. The van der Waals surface area contributed by atoms with E-state index < -0.39 is 0 Å². The number of benzene rings is 1. The van der Waals surface area contributed by atoms with Gasteiger partial charge in [-0.15, -0.1) is 11.3 Å². The Kier molecular flexibility index (Phi) is 3.02. The van der Waals surface area contributed by atoms with Crippen molar-refractivity contribution < 1.29 is 0 Å². The first-order valence-corrected chi connectivity index (χ1v) is 7.04. The van der Waals surface area contributed by atoms with Crippen LogP contribution in [0.1, 0.15) is 11.3 Å². The lowest BCUT2D eigenvalue weighted by atomic mass is 10.1. The normalized spacial score (nSPS) is 10.8. The highest BCUT2D eigenvalue weighted by molar-refractivity contribution is 7.15. The largest absolute Gasteiger partial charge is 0.293 e. The van der Waals surface area contributed by atoms with Crippen molar-refractivity contribution in [3.05, 3.63) is 46.1 Å². The maximum Gasteiger partial charge on any atom is 0.194 e. The van der Waals surface area contributed by atoms with Crippen molar-refractivity contribution in [2.24, 2.45) is 0 Å². The van der Waals surface area contributed by atoms with E-state index in [4.69, 9.17) is 16.9 Å². The van der Waals surface area contributed by atoms with Crippen molar-refractivity contribution >= 4 is 27.9 Å². The fraction of sp³-hybridized carbons (Fsp3) is 0.143. The Labute approximate surface area is 119 Å². The molecule has 0 saturated carbocycles. The molecule has 0 unspecified atom stereocenters. The average Bonchev–Trinajstić information content (AvgIpc) is 2.96. The zero-order valence-corrected chi connectivity index (χ0v) is 11.8. The van der Waals surface area contributed by atoms with Crippen LogP contribution in [0.15, 0.2) is 29.8 Å². The molecule has 1 aromatic carbocycles. The van der Waals surface area contributed by atoms with Crippen LogP contribution in [0.2, 0.25) is 5.02 Å². The van der Waals surface area contributed by atoms with E-state index in [9.17, 15) is 0 Å². The minimum absolute atomic E-state index is 0.342. The molecule has 19 heavy (non-hydrogen) atoms. The molecule has 0 saturated heterocycles. The molecule has 3 aromatic rings. The first-order valence-electron chi connectivity index (χ1n) is 5.78. The van der Waals surface area contributed by atoms with Crippen molar-refractivity contribution in [2.45, 2.75) is 13.3 Å². The summed E-state index contributed by atoms with van der Waals surface area (Å²) in [6.45, 7) is 1.97. The van der Waals surface area contributed by atoms with Gasteiger partial charge in [-0.25, -0.2) is 4.98 Å². The molecule has 0 N–H and O–H groups in total. The summed E-state index contributed by atoms with van der Waals surface area (Å²) >= 11 is 7.62. The van der Waals surface area contributed by atoms with Crippen molar-refractivity contribution in [3.8, 4) is 17.3 Å². The van der Waals surface area contributed by atoms with Gasteiger partial charge < -0.3 is 0 Å². The van der Waals surface area contributed by atoms with Gasteiger partial charge in [0.15, 0.2) is 4.96 Å². The van der Waals surface area contributed by atoms with Crippen LogP contribution in [0.3, 0.4) is 0 Å². The topological polar surface area (TPSA) is 41.1 Å². The highest BCUT2D eigenvalue weighted by Gasteiger charge is 2.15. The summed E-state index contributed by atoms with van der Waals surface area (Å²) in [5.74, 6) is 0. The van der Waals surface area contributed by atoms with Gasteiger partial charge in [-0.05, 0) is 24.6 Å². The lowest BCUT2D eigenvalue weighted by Gasteiger charge is -2.03. The number of thiazole rings is 1. The Morgan fingerprint density at radius 2 is 2.32 bits per heavy atom. The first-order chi connectivity index (χ1) is 9.20. The number of hydrogen-bond acceptors (Lipinski definition) is 3. The minimum atomic E-state index is 0.342. The van der Waals surface area contributed by atoms with Gasteiger partial charge in [0.2, 0.25) is 0 Å². The molecule has 0 amide bonds. The van der Waals surface area contributed by atoms with Crippen LogP contribution in [0.25, 0.3) is 16.2 Å². The van der Waals surface area contributed by atoms with Gasteiger partial charge in [-0.1, -0.05) is 17.7 Å². The van der Waals surface area contributed by atoms with E-state index >= 15 is 0 Å². The molecule has 0 aliphatic heterocycles. The van der Waals surface area contributed by atoms with Gasteiger partial charge in [0.25, 0.3) is 0 Å². The van der Waals surface area contributed by atoms with Crippen molar-refractivity contribution in [1.29, 1.82) is 5.26 Å². The van der Waals surface area contributed by atoms with Gasteiger partial charge in [-0.2, -0.15) is 5.26 Å². The number of fused-ring (bicyclic) bond motifs is 1. The SMILES string of the molecule is Cc1cc(-c2nc3sccn3c2CC#N)ccc1Cl. The van der Waals surface area contributed by atoms with E-state index in [2.05, 4.69) is 11.1 Å². The first kappa shape index (κ1) is 12.2. The van der Waals surface area contributed by atoms with Crippen molar-refractivity contribution in [2.75, 3.05) is 0 Å². The molecule has 0 fully saturated rings. The van der Waals surface area contributed by atoms with Crippen LogP contribution < -0.4 is 0 Å². The highest BCUT2D eigenvalue weighted by atomic mass is 35.5. The maximum atomic E-state index is 9.00. The van der Waals surface area contributed by atoms with E-state index in [1.54, 1.807) is 11.3 Å². The van der Waals surface area contributed by atoms with Gasteiger partial charge in [-0.3, -0.25) is 4.40 Å². The third kappa shape index (κ3) is 2.01. The van der Waals surface area contributed by atoms with Crippen molar-refractivity contribution in [1.82, 2.24) is 9.38 Å². The molecule has 2 aromatic heterocycles. The fourth-order valence-corrected chi connectivity index (χ4v) is 2.95. The van der Waals surface area contributed by atoms with Gasteiger partial charge >= 0.3 is 0 Å². The van der Waals surface area contributed by atoms with E-state index in [0.717, 1.165) is 32.5 Å². The summed E-state index contributed by atoms with van der Waals surface area (Å²) in [6, 6.07) is 8.03. The van der Waals surface area contributed by atoms with E-state index in [1.165, 1.54) is 0 Å². The molecule has 94 valence electrons. The average molecular weight is 288 g/mol. The third-order valence-electron chi connectivity index (χ3n) is 3.04. The monoisotopic (exact) mass is 287 g/mol. The van der Waals surface area contributed by atoms with Crippen LogP contribution >= 0.6 is 22.9 Å². The number of aryl methyl sites for hydroxylation is 1. The van der Waals surface area contributed by atoms with Gasteiger partial charge in [0, 0.05) is 22.2 Å². The number of nitriles is 1. The molecule has 0 bridgehead atoms. The van der Waals surface area contributed by atoms with E-state index in [1.807, 2.05) is 41.1 Å². The quantitative estimate of drug-likeness (QED) is 0.712. The summed E-state index contributed by atoms with van der Waals surface area (Å²) in [5, 5.41) is 11.7. The second kappa shape index (κ2) is 4.69. The summed E-state index contributed by atoms with van der Waals surface area (Å²) in [5.41, 5.74) is 3.81. The van der Waals surface area contributed by atoms with E-state index in [0.29, 0.717) is 6.42 Å². The molecule has 0 spiro atoms. The zero-order valence-electron chi connectivity index (χ0n) is 10.2. The van der Waals surface area contributed by atoms with Crippen molar-refractivity contribution in [3.63, 3.8) is 0 Å². The molecule has 0 aliphatic rings. The molecule has 5 heteroatoms. The Morgan fingerprint density at radius 3 is 3.05 bits per heavy atom. The van der Waals surface area contributed by atoms with Crippen LogP contribution in [-0.2, 0) is 6.42 Å². The van der Waals surface area contributed by atoms with Crippen LogP contribution in [0.5, 0.6) is 0 Å². The molecular formula is C14H10ClN3S. The summed E-state index contributed by atoms with van der Waals surface area (Å²) < 4.78 is 1.98. The predicted octanol–water partition coefficient (Wildman–Crippen LogP) is 4.09. The second-order valence-electron chi connectivity index (χ2n) is 4.26. The third-order valence-corrected chi connectivity index (χ3v) is 4.22. The molecule has 0 aliphatic carbocycles. The smallest absolute Gasteiger partial charge is 0.194 e. The molecule has 0 radical (unpaired) electrons. The Bertz CT molecular complexity index is 795. The summed E-state index contributed by atoms with van der Waals surface area (Å²) in [4.78, 5) is 5.53. The number of imidazole rings is 1. The molecule has 3 nitrogen and oxygen atoms in total. The number of halogens is 1. The Balaban J connectivity index is 2.23. The van der Waals surface area contributed by atoms with Crippen LogP contribution in [-0.4, -0.2) is 9.38 Å². The lowest BCUT2D eigenvalue weighted by molar-refractivity contribution is 1.07. The molecule has 0 atom stereocenters. The fourth-order valence-electron chi connectivity index (χ4n) is 2.10. The van der Waals surface area contributed by atoms with Crippen LogP contribution in [0.4, 0.5) is 0 Å². The Hall–Kier alpha value is -1.83. The molecule has 3 rings (SSSR count). The summed E-state index contributed by atoms with van der Waals surface area (Å²) in [7, 11) is 0. The Morgan fingerprint density at radius 1 is 1.47 bits per heavy atom. The molecule has 2 heterocycles. The predicted molar refractivity (Wildman–Crippen MR) is 77.6 cm³/mol. The van der Waals surface area contributed by atoms with Gasteiger partial charge in [0.05, 0.1) is 23.9 Å². The van der Waals surface area contributed by atoms with Crippen LogP contribution in [0, 0.1) is 18.3 Å². The number of rotatable bonds is 2. The second-order valence-corrected chi connectivity index (χ2v) is 5.54. The van der Waals surface area contributed by atoms with Gasteiger partial charge in [0.1, 0.15) is 0 Å². The minimum Gasteiger partial charge on any atom is -0.293 e. The zero-order chi connectivity index (χ0) is 13.4. The van der Waals surface area contributed by atoms with E-state index in [-0.39, 0.29) is 0 Å². The maximum absolute atomic E-state index is 9.00. The number of nitrogens with zero attached hydrogens (tertiary/aromatic N) is 3. The molecular weight excluding hydrogens is 278 g/mol.